The quantitative estimate of drug-likeness (QED) is 0.138. The highest BCUT2D eigenvalue weighted by Gasteiger charge is 2.23. The number of hydrogen-bond donors (Lipinski definition) is 0. The van der Waals surface area contributed by atoms with Crippen LogP contribution in [0.3, 0.4) is 0 Å². The SMILES string of the molecule is c1ccc(-c2c(-c3ccccc3)c3cc(-c4cccc(N(c5cccc(-c6ccc7ccccc7c6)c5)c5cccc6c7ccccc7n(-c7ccccc7)c56)c4)ccc3c3ccccc23)cc1. The lowest BCUT2D eigenvalue weighted by atomic mass is 9.84. The summed E-state index contributed by atoms with van der Waals surface area (Å²) >= 11 is 0. The number of aromatic nitrogens is 1. The summed E-state index contributed by atoms with van der Waals surface area (Å²) in [6, 6.07) is 97.6. The van der Waals surface area contributed by atoms with Crippen molar-refractivity contribution < 1.29 is 0 Å². The van der Waals surface area contributed by atoms with Crippen molar-refractivity contribution in [2.45, 2.75) is 0 Å². The molecule has 12 aromatic carbocycles. The van der Waals surface area contributed by atoms with Crippen molar-refractivity contribution in [1.29, 1.82) is 0 Å². The summed E-state index contributed by atoms with van der Waals surface area (Å²) in [5.74, 6) is 0. The Bertz CT molecular complexity index is 4020. The lowest BCUT2D eigenvalue weighted by Gasteiger charge is -2.28. The first kappa shape index (κ1) is 39.4. The van der Waals surface area contributed by atoms with Crippen LogP contribution in [0, 0.1) is 0 Å². The standard InChI is InChI=1S/C66H44N2/c1-4-20-46(21-5-1)64-59-33-13-12-31-56(59)57-40-39-52(44-61(57)65(64)47-22-6-2-7-23-47)50-26-17-30-55(43-50)67(54-29-16-25-49(42-54)51-38-37-45-19-10-11-24-48(45)41-51)63-36-18-34-60-58-32-14-15-35-62(58)68(66(60)63)53-27-8-3-9-28-53/h1-44H. The molecule has 0 saturated heterocycles. The molecule has 0 atom stereocenters. The minimum absolute atomic E-state index is 1.07. The van der Waals surface area contributed by atoms with Gasteiger partial charge in [-0.1, -0.05) is 206 Å². The Kier molecular flexibility index (Phi) is 9.54. The van der Waals surface area contributed by atoms with Gasteiger partial charge in [0.25, 0.3) is 0 Å². The summed E-state index contributed by atoms with van der Waals surface area (Å²) in [6.07, 6.45) is 0. The van der Waals surface area contributed by atoms with Crippen LogP contribution in [0.25, 0.3) is 104 Å². The molecule has 13 aromatic rings. The maximum atomic E-state index is 2.46. The van der Waals surface area contributed by atoms with Gasteiger partial charge in [0.2, 0.25) is 0 Å². The van der Waals surface area contributed by atoms with Gasteiger partial charge in [0.05, 0.1) is 16.7 Å². The van der Waals surface area contributed by atoms with Gasteiger partial charge in [0.1, 0.15) is 0 Å². The molecule has 0 aliphatic rings. The lowest BCUT2D eigenvalue weighted by Crippen LogP contribution is -2.12. The number of benzene rings is 12. The van der Waals surface area contributed by atoms with E-state index < -0.39 is 0 Å². The molecule has 0 fully saturated rings. The first-order chi connectivity index (χ1) is 33.7. The highest BCUT2D eigenvalue weighted by molar-refractivity contribution is 6.22. The summed E-state index contributed by atoms with van der Waals surface area (Å²) in [5, 5.41) is 9.87. The summed E-state index contributed by atoms with van der Waals surface area (Å²) in [7, 11) is 0. The molecule has 68 heavy (non-hydrogen) atoms. The van der Waals surface area contributed by atoms with Gasteiger partial charge < -0.3 is 9.47 Å². The minimum atomic E-state index is 1.07. The van der Waals surface area contributed by atoms with Crippen LogP contribution in [0.5, 0.6) is 0 Å². The number of anilines is 3. The van der Waals surface area contributed by atoms with Crippen molar-refractivity contribution in [1.82, 2.24) is 4.57 Å². The molecule has 2 heteroatoms. The average molecular weight is 865 g/mol. The average Bonchev–Trinajstić information content (AvgIpc) is 3.76. The Balaban J connectivity index is 1.05. The van der Waals surface area contributed by atoms with Gasteiger partial charge in [-0.2, -0.15) is 0 Å². The molecular weight excluding hydrogens is 821 g/mol. The third-order valence-electron chi connectivity index (χ3n) is 13.7. The van der Waals surface area contributed by atoms with E-state index in [1.807, 2.05) is 0 Å². The van der Waals surface area contributed by atoms with Crippen LogP contribution < -0.4 is 4.90 Å². The molecule has 0 radical (unpaired) electrons. The zero-order chi connectivity index (χ0) is 45.0. The van der Waals surface area contributed by atoms with Gasteiger partial charge in [-0.25, -0.2) is 0 Å². The number of nitrogens with zero attached hydrogens (tertiary/aromatic N) is 2. The topological polar surface area (TPSA) is 8.17 Å². The second-order valence-corrected chi connectivity index (χ2v) is 17.6. The van der Waals surface area contributed by atoms with Gasteiger partial charge in [0.15, 0.2) is 0 Å². The molecular formula is C66H44N2. The maximum absolute atomic E-state index is 2.46. The molecule has 2 nitrogen and oxygen atoms in total. The molecule has 0 aliphatic heterocycles. The third kappa shape index (κ3) is 6.65. The smallest absolute Gasteiger partial charge is 0.0782 e. The fourth-order valence-electron chi connectivity index (χ4n) is 10.7. The van der Waals surface area contributed by atoms with Crippen molar-refractivity contribution in [2.75, 3.05) is 4.90 Å². The Morgan fingerprint density at radius 3 is 1.46 bits per heavy atom. The summed E-state index contributed by atoms with van der Waals surface area (Å²) in [5.41, 5.74) is 16.3. The first-order valence-corrected chi connectivity index (χ1v) is 23.4. The normalized spacial score (nSPS) is 11.5. The van der Waals surface area contributed by atoms with E-state index in [1.165, 1.54) is 76.4 Å². The van der Waals surface area contributed by atoms with Crippen LogP contribution in [0.15, 0.2) is 267 Å². The van der Waals surface area contributed by atoms with E-state index in [9.17, 15) is 0 Å². The Hall–Kier alpha value is -8.98. The Morgan fingerprint density at radius 1 is 0.265 bits per heavy atom. The van der Waals surface area contributed by atoms with E-state index in [1.54, 1.807) is 0 Å². The Labute approximate surface area is 395 Å². The Morgan fingerprint density at radius 2 is 0.750 bits per heavy atom. The number of fused-ring (bicyclic) bond motifs is 7. The van der Waals surface area contributed by atoms with Crippen LogP contribution in [-0.2, 0) is 0 Å². The molecule has 318 valence electrons. The van der Waals surface area contributed by atoms with Gasteiger partial charge >= 0.3 is 0 Å². The lowest BCUT2D eigenvalue weighted by molar-refractivity contribution is 1.17. The fourth-order valence-corrected chi connectivity index (χ4v) is 10.7. The van der Waals surface area contributed by atoms with Gasteiger partial charge in [-0.3, -0.25) is 0 Å². The van der Waals surface area contributed by atoms with Crippen molar-refractivity contribution in [3.8, 4) is 50.2 Å². The van der Waals surface area contributed by atoms with Crippen molar-refractivity contribution in [2.24, 2.45) is 0 Å². The fraction of sp³-hybridized carbons (Fsp3) is 0. The van der Waals surface area contributed by atoms with Crippen LogP contribution in [0.1, 0.15) is 0 Å². The second-order valence-electron chi connectivity index (χ2n) is 17.6. The highest BCUT2D eigenvalue weighted by Crippen LogP contribution is 2.48. The van der Waals surface area contributed by atoms with Gasteiger partial charge in [-0.15, -0.1) is 0 Å². The predicted octanol–water partition coefficient (Wildman–Crippen LogP) is 18.4. The monoisotopic (exact) mass is 864 g/mol. The zero-order valence-corrected chi connectivity index (χ0v) is 37.3. The van der Waals surface area contributed by atoms with E-state index in [0.29, 0.717) is 0 Å². The predicted molar refractivity (Wildman–Crippen MR) is 290 cm³/mol. The summed E-state index contributed by atoms with van der Waals surface area (Å²) in [6.45, 7) is 0. The second kappa shape index (κ2) is 16.5. The van der Waals surface area contributed by atoms with Gasteiger partial charge in [-0.05, 0) is 137 Å². The van der Waals surface area contributed by atoms with Crippen LogP contribution >= 0.6 is 0 Å². The largest absolute Gasteiger partial charge is 0.308 e. The van der Waals surface area contributed by atoms with E-state index in [4.69, 9.17) is 0 Å². The molecule has 0 unspecified atom stereocenters. The van der Waals surface area contributed by atoms with Crippen molar-refractivity contribution >= 4 is 71.2 Å². The highest BCUT2D eigenvalue weighted by atomic mass is 15.2. The minimum Gasteiger partial charge on any atom is -0.308 e. The molecule has 0 saturated carbocycles. The summed E-state index contributed by atoms with van der Waals surface area (Å²) in [4.78, 5) is 2.46. The van der Waals surface area contributed by atoms with Crippen molar-refractivity contribution in [3.63, 3.8) is 0 Å². The van der Waals surface area contributed by atoms with Crippen LogP contribution in [0.4, 0.5) is 17.1 Å². The molecule has 0 N–H and O–H groups in total. The number of para-hydroxylation sites is 3. The number of hydrogen-bond acceptors (Lipinski definition) is 1. The third-order valence-corrected chi connectivity index (χ3v) is 13.7. The summed E-state index contributed by atoms with van der Waals surface area (Å²) < 4.78 is 2.44. The molecule has 0 amide bonds. The molecule has 1 heterocycles. The number of rotatable bonds is 8. The first-order valence-electron chi connectivity index (χ1n) is 23.4. The van der Waals surface area contributed by atoms with E-state index >= 15 is 0 Å². The van der Waals surface area contributed by atoms with E-state index in [0.717, 1.165) is 45.0 Å². The van der Waals surface area contributed by atoms with E-state index in [-0.39, 0.29) is 0 Å². The molecule has 1 aromatic heterocycles. The van der Waals surface area contributed by atoms with E-state index in [2.05, 4.69) is 276 Å². The molecule has 0 aliphatic carbocycles. The molecule has 0 spiro atoms. The van der Waals surface area contributed by atoms with Crippen molar-refractivity contribution in [3.05, 3.63) is 267 Å². The molecule has 13 rings (SSSR count). The van der Waals surface area contributed by atoms with Gasteiger partial charge in [0, 0.05) is 27.8 Å². The van der Waals surface area contributed by atoms with Crippen LogP contribution in [0.2, 0.25) is 0 Å². The zero-order valence-electron chi connectivity index (χ0n) is 37.3. The maximum Gasteiger partial charge on any atom is 0.0782 e. The van der Waals surface area contributed by atoms with Crippen LogP contribution in [-0.4, -0.2) is 4.57 Å². The molecule has 0 bridgehead atoms.